The molecule has 2 aromatic rings. The van der Waals surface area contributed by atoms with Gasteiger partial charge >= 0.3 is 0 Å². The van der Waals surface area contributed by atoms with Gasteiger partial charge in [0.1, 0.15) is 17.3 Å². The Morgan fingerprint density at radius 2 is 2.05 bits per heavy atom. The lowest BCUT2D eigenvalue weighted by atomic mass is 10.00. The Balaban J connectivity index is 1.98. The molecule has 5 nitrogen and oxygen atoms in total. The first kappa shape index (κ1) is 12.9. The standard InChI is InChI=1S/C14H13ClN4O/c15-13-12(7-18-20)14(17-9-16-13)19-6-5-10-3-1-2-4-11(10)8-19/h1-4,7,9,20H,5-6,8H2. The van der Waals surface area contributed by atoms with Crippen molar-refractivity contribution in [2.45, 2.75) is 13.0 Å². The molecular formula is C14H13ClN4O. The van der Waals surface area contributed by atoms with Crippen molar-refractivity contribution in [1.29, 1.82) is 0 Å². The second-order valence-corrected chi connectivity index (χ2v) is 4.94. The molecule has 0 radical (unpaired) electrons. The van der Waals surface area contributed by atoms with E-state index in [4.69, 9.17) is 16.8 Å². The molecule has 1 N–H and O–H groups in total. The van der Waals surface area contributed by atoms with Crippen molar-refractivity contribution in [2.75, 3.05) is 11.4 Å². The van der Waals surface area contributed by atoms with E-state index in [-0.39, 0.29) is 5.15 Å². The van der Waals surface area contributed by atoms with Crippen LogP contribution in [0.4, 0.5) is 5.82 Å². The van der Waals surface area contributed by atoms with Crippen molar-refractivity contribution in [3.05, 3.63) is 52.4 Å². The number of halogens is 1. The summed E-state index contributed by atoms with van der Waals surface area (Å²) in [4.78, 5) is 10.3. The van der Waals surface area contributed by atoms with Crippen molar-refractivity contribution in [2.24, 2.45) is 5.16 Å². The number of aromatic nitrogens is 2. The maximum Gasteiger partial charge on any atom is 0.143 e. The maximum atomic E-state index is 8.76. The summed E-state index contributed by atoms with van der Waals surface area (Å²) in [5, 5.41) is 12.1. The molecule has 0 fully saturated rings. The van der Waals surface area contributed by atoms with E-state index in [9.17, 15) is 0 Å². The molecule has 1 aliphatic heterocycles. The summed E-state index contributed by atoms with van der Waals surface area (Å²) in [7, 11) is 0. The van der Waals surface area contributed by atoms with E-state index in [1.165, 1.54) is 23.7 Å². The molecule has 20 heavy (non-hydrogen) atoms. The Labute approximate surface area is 121 Å². The van der Waals surface area contributed by atoms with Crippen LogP contribution in [-0.2, 0) is 13.0 Å². The summed E-state index contributed by atoms with van der Waals surface area (Å²) in [5.74, 6) is 0.692. The highest BCUT2D eigenvalue weighted by Crippen LogP contribution is 2.27. The van der Waals surface area contributed by atoms with Gasteiger partial charge in [-0.25, -0.2) is 9.97 Å². The third-order valence-electron chi connectivity index (χ3n) is 3.43. The first-order valence-corrected chi connectivity index (χ1v) is 6.67. The number of hydrogen-bond acceptors (Lipinski definition) is 5. The molecule has 0 bridgehead atoms. The molecule has 0 saturated heterocycles. The second-order valence-electron chi connectivity index (χ2n) is 4.59. The van der Waals surface area contributed by atoms with Gasteiger partial charge in [-0.05, 0) is 17.5 Å². The van der Waals surface area contributed by atoms with E-state index in [0.717, 1.165) is 19.5 Å². The topological polar surface area (TPSA) is 61.6 Å². The zero-order chi connectivity index (χ0) is 13.9. The lowest BCUT2D eigenvalue weighted by Gasteiger charge is -2.30. The Morgan fingerprint density at radius 1 is 1.25 bits per heavy atom. The van der Waals surface area contributed by atoms with Crippen molar-refractivity contribution in [1.82, 2.24) is 9.97 Å². The molecule has 0 spiro atoms. The number of hydrogen-bond donors (Lipinski definition) is 1. The fraction of sp³-hybridized carbons (Fsp3) is 0.214. The number of rotatable bonds is 2. The van der Waals surface area contributed by atoms with Crippen LogP contribution in [-0.4, -0.2) is 27.9 Å². The molecule has 1 aliphatic rings. The van der Waals surface area contributed by atoms with Gasteiger partial charge in [0, 0.05) is 13.1 Å². The SMILES string of the molecule is ON=Cc1c(Cl)ncnc1N1CCc2ccccc2C1. The van der Waals surface area contributed by atoms with Crippen LogP contribution in [0.15, 0.2) is 35.7 Å². The summed E-state index contributed by atoms with van der Waals surface area (Å²) in [6, 6.07) is 8.35. The van der Waals surface area contributed by atoms with Crippen LogP contribution in [0.5, 0.6) is 0 Å². The zero-order valence-electron chi connectivity index (χ0n) is 10.7. The van der Waals surface area contributed by atoms with Gasteiger partial charge < -0.3 is 10.1 Å². The fourth-order valence-corrected chi connectivity index (χ4v) is 2.64. The number of nitrogens with zero attached hydrogens (tertiary/aromatic N) is 4. The highest BCUT2D eigenvalue weighted by Gasteiger charge is 2.20. The quantitative estimate of drug-likeness (QED) is 0.399. The van der Waals surface area contributed by atoms with Crippen LogP contribution in [0.1, 0.15) is 16.7 Å². The van der Waals surface area contributed by atoms with Crippen LogP contribution >= 0.6 is 11.6 Å². The van der Waals surface area contributed by atoms with Gasteiger partial charge in [-0.15, -0.1) is 0 Å². The minimum atomic E-state index is 0.284. The number of benzene rings is 1. The zero-order valence-corrected chi connectivity index (χ0v) is 11.5. The molecule has 3 rings (SSSR count). The first-order chi connectivity index (χ1) is 9.79. The Kier molecular flexibility index (Phi) is 3.52. The highest BCUT2D eigenvalue weighted by molar-refractivity contribution is 6.32. The van der Waals surface area contributed by atoms with Gasteiger partial charge in [-0.3, -0.25) is 0 Å². The van der Waals surface area contributed by atoms with Gasteiger partial charge in [0.25, 0.3) is 0 Å². The molecule has 0 unspecified atom stereocenters. The maximum absolute atomic E-state index is 8.76. The van der Waals surface area contributed by atoms with Gasteiger partial charge in [-0.2, -0.15) is 0 Å². The van der Waals surface area contributed by atoms with Crippen LogP contribution in [0, 0.1) is 0 Å². The third kappa shape index (κ3) is 2.32. The fourth-order valence-electron chi connectivity index (χ4n) is 2.46. The first-order valence-electron chi connectivity index (χ1n) is 6.29. The molecule has 0 saturated carbocycles. The molecule has 0 amide bonds. The smallest absolute Gasteiger partial charge is 0.143 e. The molecule has 1 aromatic carbocycles. The summed E-state index contributed by atoms with van der Waals surface area (Å²) in [6.07, 6.45) is 3.65. The predicted octanol–water partition coefficient (Wildman–Crippen LogP) is 2.50. The molecule has 0 aliphatic carbocycles. The molecular weight excluding hydrogens is 276 g/mol. The summed E-state index contributed by atoms with van der Waals surface area (Å²) in [5.41, 5.74) is 3.18. The number of anilines is 1. The van der Waals surface area contributed by atoms with Gasteiger partial charge in [0.2, 0.25) is 0 Å². The monoisotopic (exact) mass is 288 g/mol. The minimum Gasteiger partial charge on any atom is -0.411 e. The Morgan fingerprint density at radius 3 is 2.85 bits per heavy atom. The van der Waals surface area contributed by atoms with E-state index in [2.05, 4.69) is 38.2 Å². The van der Waals surface area contributed by atoms with E-state index in [0.29, 0.717) is 11.4 Å². The van der Waals surface area contributed by atoms with Gasteiger partial charge in [-0.1, -0.05) is 41.0 Å². The lowest BCUT2D eigenvalue weighted by Crippen LogP contribution is -2.32. The van der Waals surface area contributed by atoms with E-state index < -0.39 is 0 Å². The Bertz CT molecular complexity index is 659. The largest absolute Gasteiger partial charge is 0.411 e. The average Bonchev–Trinajstić information content (AvgIpc) is 2.49. The number of fused-ring (bicyclic) bond motifs is 1. The van der Waals surface area contributed by atoms with Gasteiger partial charge in [0.05, 0.1) is 11.8 Å². The molecule has 1 aromatic heterocycles. The van der Waals surface area contributed by atoms with Crippen molar-refractivity contribution < 1.29 is 5.21 Å². The molecule has 0 atom stereocenters. The van der Waals surface area contributed by atoms with E-state index in [1.807, 2.05) is 6.07 Å². The summed E-state index contributed by atoms with van der Waals surface area (Å²) < 4.78 is 0. The summed E-state index contributed by atoms with van der Waals surface area (Å²) in [6.45, 7) is 1.60. The van der Waals surface area contributed by atoms with Gasteiger partial charge in [0.15, 0.2) is 0 Å². The number of oxime groups is 1. The Hall–Kier alpha value is -2.14. The highest BCUT2D eigenvalue weighted by atomic mass is 35.5. The third-order valence-corrected chi connectivity index (χ3v) is 3.73. The van der Waals surface area contributed by atoms with E-state index >= 15 is 0 Å². The normalized spacial score (nSPS) is 14.6. The van der Waals surface area contributed by atoms with Crippen molar-refractivity contribution >= 4 is 23.6 Å². The molecule has 102 valence electrons. The van der Waals surface area contributed by atoms with Crippen LogP contribution < -0.4 is 4.90 Å². The minimum absolute atomic E-state index is 0.284. The average molecular weight is 289 g/mol. The molecule has 2 heterocycles. The molecule has 6 heteroatoms. The van der Waals surface area contributed by atoms with Crippen LogP contribution in [0.25, 0.3) is 0 Å². The van der Waals surface area contributed by atoms with Crippen LogP contribution in [0.3, 0.4) is 0 Å². The predicted molar refractivity (Wildman–Crippen MR) is 77.6 cm³/mol. The van der Waals surface area contributed by atoms with Crippen molar-refractivity contribution in [3.63, 3.8) is 0 Å². The second kappa shape index (κ2) is 5.46. The van der Waals surface area contributed by atoms with E-state index in [1.54, 1.807) is 0 Å². The lowest BCUT2D eigenvalue weighted by molar-refractivity contribution is 0.322. The van der Waals surface area contributed by atoms with Crippen LogP contribution in [0.2, 0.25) is 5.15 Å². The summed E-state index contributed by atoms with van der Waals surface area (Å²) >= 11 is 6.05. The van der Waals surface area contributed by atoms with Crippen molar-refractivity contribution in [3.8, 4) is 0 Å².